The van der Waals surface area contributed by atoms with Crippen LogP contribution in [-0.2, 0) is 14.2 Å². The van der Waals surface area contributed by atoms with Crippen molar-refractivity contribution in [3.63, 3.8) is 0 Å². The Morgan fingerprint density at radius 2 is 1.40 bits per heavy atom. The molecule has 0 bridgehead atoms. The Balaban J connectivity index is -0.000000218. The second-order valence-electron chi connectivity index (χ2n) is 4.72. The van der Waals surface area contributed by atoms with E-state index in [1.54, 1.807) is 21.3 Å². The van der Waals surface area contributed by atoms with Gasteiger partial charge in [0.15, 0.2) is 0 Å². The zero-order valence-corrected chi connectivity index (χ0v) is 14.4. The van der Waals surface area contributed by atoms with Gasteiger partial charge in [-0.05, 0) is 19.8 Å². The smallest absolute Gasteiger partial charge is 0.0770 e. The van der Waals surface area contributed by atoms with Crippen LogP contribution in [0.25, 0.3) is 0 Å². The summed E-state index contributed by atoms with van der Waals surface area (Å²) < 4.78 is 14.3. The van der Waals surface area contributed by atoms with Gasteiger partial charge in [-0.25, -0.2) is 0 Å². The van der Waals surface area contributed by atoms with Gasteiger partial charge in [0.1, 0.15) is 0 Å². The standard InChI is InChI=1S/2C5H12O2.C5H12O/c1-5(3-6)4-7-2;1-3-5(6)4-7-2;1-4-5(2)6-3/h2*5-6H,3-4H2,1-2H3;5H,4H2,1-3H3. The first-order chi connectivity index (χ1) is 9.42. The molecule has 5 heteroatoms. The van der Waals surface area contributed by atoms with Gasteiger partial charge >= 0.3 is 0 Å². The number of ether oxygens (including phenoxy) is 3. The number of aliphatic hydroxyl groups excluding tert-OH is 2. The van der Waals surface area contributed by atoms with Crippen molar-refractivity contribution in [3.8, 4) is 0 Å². The van der Waals surface area contributed by atoms with Crippen molar-refractivity contribution < 1.29 is 24.4 Å². The van der Waals surface area contributed by atoms with Gasteiger partial charge in [-0.15, -0.1) is 0 Å². The fourth-order valence-electron chi connectivity index (χ4n) is 0.814. The third-order valence-electron chi connectivity index (χ3n) is 2.57. The lowest BCUT2D eigenvalue weighted by atomic mass is 10.2. The van der Waals surface area contributed by atoms with Crippen LogP contribution in [-0.4, -0.2) is 63.6 Å². The van der Waals surface area contributed by atoms with Crippen LogP contribution in [0.15, 0.2) is 0 Å². The largest absolute Gasteiger partial charge is 0.396 e. The molecule has 0 spiro atoms. The summed E-state index contributed by atoms with van der Waals surface area (Å²) in [6.07, 6.45) is 2.04. The molecule has 0 saturated carbocycles. The van der Waals surface area contributed by atoms with Gasteiger partial charge in [0.05, 0.1) is 25.4 Å². The Labute approximate surface area is 125 Å². The summed E-state index contributed by atoms with van der Waals surface area (Å²) in [6.45, 7) is 9.34. The van der Waals surface area contributed by atoms with E-state index in [4.69, 9.17) is 19.7 Å². The van der Waals surface area contributed by atoms with E-state index in [-0.39, 0.29) is 18.6 Å². The monoisotopic (exact) mass is 296 g/mol. The SMILES string of the molecule is CCC(C)OC.CCC(O)COC.COCC(C)CO. The molecule has 126 valence electrons. The topological polar surface area (TPSA) is 68.2 Å². The normalized spacial score (nSPS) is 14.2. The van der Waals surface area contributed by atoms with E-state index in [9.17, 15) is 0 Å². The van der Waals surface area contributed by atoms with E-state index in [2.05, 4.69) is 18.6 Å². The van der Waals surface area contributed by atoms with Crippen molar-refractivity contribution in [2.24, 2.45) is 5.92 Å². The van der Waals surface area contributed by atoms with Crippen molar-refractivity contribution in [1.29, 1.82) is 0 Å². The second-order valence-corrected chi connectivity index (χ2v) is 4.72. The molecular formula is C15H36O5. The van der Waals surface area contributed by atoms with Crippen molar-refractivity contribution in [2.45, 2.75) is 52.7 Å². The van der Waals surface area contributed by atoms with Crippen molar-refractivity contribution in [1.82, 2.24) is 0 Å². The van der Waals surface area contributed by atoms with E-state index < -0.39 is 0 Å². The van der Waals surface area contributed by atoms with Gasteiger partial charge in [-0.1, -0.05) is 20.8 Å². The molecule has 0 aromatic rings. The van der Waals surface area contributed by atoms with Crippen LogP contribution in [0.5, 0.6) is 0 Å². The molecule has 0 heterocycles. The lowest BCUT2D eigenvalue weighted by Gasteiger charge is -2.02. The number of hydrogen-bond acceptors (Lipinski definition) is 5. The van der Waals surface area contributed by atoms with E-state index in [1.165, 1.54) is 0 Å². The molecule has 0 saturated heterocycles. The van der Waals surface area contributed by atoms with E-state index in [0.29, 0.717) is 19.3 Å². The maximum Gasteiger partial charge on any atom is 0.0770 e. The Hall–Kier alpha value is -0.200. The Morgan fingerprint density at radius 3 is 1.50 bits per heavy atom. The summed E-state index contributed by atoms with van der Waals surface area (Å²) in [5.41, 5.74) is 0. The minimum absolute atomic E-state index is 0.216. The van der Waals surface area contributed by atoms with Crippen LogP contribution in [0.2, 0.25) is 0 Å². The molecule has 0 aliphatic rings. The van der Waals surface area contributed by atoms with Crippen molar-refractivity contribution in [3.05, 3.63) is 0 Å². The van der Waals surface area contributed by atoms with Crippen LogP contribution in [0.3, 0.4) is 0 Å². The predicted octanol–water partition coefficient (Wildman–Crippen LogP) is 2.10. The number of hydrogen-bond donors (Lipinski definition) is 2. The van der Waals surface area contributed by atoms with E-state index in [1.807, 2.05) is 13.8 Å². The molecule has 0 radical (unpaired) electrons. The van der Waals surface area contributed by atoms with Crippen LogP contribution < -0.4 is 0 Å². The van der Waals surface area contributed by atoms with Gasteiger partial charge in [-0.3, -0.25) is 0 Å². The molecule has 3 atom stereocenters. The van der Waals surface area contributed by atoms with E-state index >= 15 is 0 Å². The molecule has 5 nitrogen and oxygen atoms in total. The van der Waals surface area contributed by atoms with Crippen LogP contribution in [0, 0.1) is 5.92 Å². The molecule has 0 aromatic carbocycles. The third kappa shape index (κ3) is 26.4. The highest BCUT2D eigenvalue weighted by Crippen LogP contribution is 1.90. The van der Waals surface area contributed by atoms with Crippen LogP contribution in [0.1, 0.15) is 40.5 Å². The Kier molecular flexibility index (Phi) is 26.2. The minimum Gasteiger partial charge on any atom is -0.396 e. The van der Waals surface area contributed by atoms with Gasteiger partial charge in [0.25, 0.3) is 0 Å². The molecule has 3 unspecified atom stereocenters. The highest BCUT2D eigenvalue weighted by molar-refractivity contribution is 4.46. The first-order valence-corrected chi connectivity index (χ1v) is 7.22. The van der Waals surface area contributed by atoms with E-state index in [0.717, 1.165) is 12.8 Å². The summed E-state index contributed by atoms with van der Waals surface area (Å²) in [4.78, 5) is 0. The van der Waals surface area contributed by atoms with Crippen LogP contribution in [0.4, 0.5) is 0 Å². The van der Waals surface area contributed by atoms with Gasteiger partial charge in [0, 0.05) is 33.9 Å². The summed E-state index contributed by atoms with van der Waals surface area (Å²) in [7, 11) is 4.94. The average molecular weight is 296 g/mol. The molecule has 0 aliphatic heterocycles. The zero-order chi connectivity index (χ0) is 16.4. The molecule has 0 rings (SSSR count). The Morgan fingerprint density at radius 1 is 0.900 bits per heavy atom. The number of aliphatic hydroxyl groups is 2. The zero-order valence-electron chi connectivity index (χ0n) is 14.4. The third-order valence-corrected chi connectivity index (χ3v) is 2.57. The highest BCUT2D eigenvalue weighted by Gasteiger charge is 1.95. The average Bonchev–Trinajstić information content (AvgIpc) is 2.48. The molecule has 0 fully saturated rings. The van der Waals surface area contributed by atoms with Crippen molar-refractivity contribution in [2.75, 3.05) is 41.2 Å². The number of rotatable bonds is 8. The fourth-order valence-corrected chi connectivity index (χ4v) is 0.814. The summed E-state index contributed by atoms with van der Waals surface area (Å²) in [5.74, 6) is 0.282. The maximum absolute atomic E-state index is 8.73. The van der Waals surface area contributed by atoms with Gasteiger partial charge in [0.2, 0.25) is 0 Å². The second kappa shape index (κ2) is 21.1. The molecule has 0 amide bonds. The lowest BCUT2D eigenvalue weighted by molar-refractivity contribution is 0.0625. The first kappa shape index (κ1) is 24.8. The van der Waals surface area contributed by atoms with Gasteiger partial charge < -0.3 is 24.4 Å². The minimum atomic E-state index is -0.273. The summed E-state index contributed by atoms with van der Waals surface area (Å²) >= 11 is 0. The molecule has 0 aromatic heterocycles. The quantitative estimate of drug-likeness (QED) is 0.718. The summed E-state index contributed by atoms with van der Waals surface area (Å²) in [5, 5.41) is 17.1. The number of methoxy groups -OCH3 is 3. The summed E-state index contributed by atoms with van der Waals surface area (Å²) in [6, 6.07) is 0. The molecular weight excluding hydrogens is 260 g/mol. The predicted molar refractivity (Wildman–Crippen MR) is 83.1 cm³/mol. The van der Waals surface area contributed by atoms with Gasteiger partial charge in [-0.2, -0.15) is 0 Å². The highest BCUT2D eigenvalue weighted by atomic mass is 16.5. The molecule has 20 heavy (non-hydrogen) atoms. The molecule has 2 N–H and O–H groups in total. The first-order valence-electron chi connectivity index (χ1n) is 7.22. The molecule has 0 aliphatic carbocycles. The van der Waals surface area contributed by atoms with Crippen molar-refractivity contribution >= 4 is 0 Å². The lowest BCUT2D eigenvalue weighted by Crippen LogP contribution is -2.11. The Bertz CT molecular complexity index is 139. The maximum atomic E-state index is 8.73. The van der Waals surface area contributed by atoms with Crippen LogP contribution >= 0.6 is 0 Å². The fraction of sp³-hybridized carbons (Fsp3) is 1.00.